The van der Waals surface area contributed by atoms with E-state index in [0.29, 0.717) is 0 Å². The van der Waals surface area contributed by atoms with Crippen LogP contribution in [0.3, 0.4) is 0 Å². The van der Waals surface area contributed by atoms with Crippen molar-refractivity contribution in [1.82, 2.24) is 20.6 Å². The van der Waals surface area contributed by atoms with Crippen LogP contribution in [0, 0.1) is 0 Å². The quantitative estimate of drug-likeness (QED) is 0.654. The molecule has 2 aromatic rings. The minimum atomic E-state index is -0.397. The molecule has 23 heavy (non-hydrogen) atoms. The van der Waals surface area contributed by atoms with E-state index in [2.05, 4.69) is 20.6 Å². The number of nitrogens with zero attached hydrogens (tertiary/aromatic N) is 2. The van der Waals surface area contributed by atoms with Crippen LogP contribution in [-0.2, 0) is 4.79 Å². The molecule has 3 amide bonds. The molecule has 122 valence electrons. The number of imide groups is 1. The van der Waals surface area contributed by atoms with E-state index in [1.807, 2.05) is 11.4 Å². The van der Waals surface area contributed by atoms with Gasteiger partial charge in [-0.3, -0.25) is 10.1 Å². The number of aromatic nitrogens is 2. The summed E-state index contributed by atoms with van der Waals surface area (Å²) < 4.78 is 0. The smallest absolute Gasteiger partial charge is 0.321 e. The highest BCUT2D eigenvalue weighted by atomic mass is 32.2. The largest absolute Gasteiger partial charge is 0.335 e. The standard InChI is InChI=1S/C15H18N4O2S2/c20-12(19-15(21)18-10-4-2-1-3-5-10)8-23-14-11-6-7-22-13(11)16-9-17-14/h6-7,9-10H,1-5,8H2,(H2,18,19,20,21). The second-order valence-corrected chi connectivity index (χ2v) is 7.32. The molecule has 8 heteroatoms. The molecule has 0 radical (unpaired) electrons. The lowest BCUT2D eigenvalue weighted by molar-refractivity contribution is -0.117. The Hall–Kier alpha value is -1.67. The fraction of sp³-hybridized carbons (Fsp3) is 0.467. The SMILES string of the molecule is O=C(CSc1ncnc2sccc12)NC(=O)NC1CCCCC1. The third kappa shape index (κ3) is 4.42. The van der Waals surface area contributed by atoms with Crippen LogP contribution in [0.1, 0.15) is 32.1 Å². The molecule has 6 nitrogen and oxygen atoms in total. The molecule has 0 saturated heterocycles. The predicted octanol–water partition coefficient (Wildman–Crippen LogP) is 2.94. The molecule has 0 aromatic carbocycles. The van der Waals surface area contributed by atoms with E-state index in [-0.39, 0.29) is 17.7 Å². The maximum atomic E-state index is 11.9. The number of rotatable bonds is 4. The summed E-state index contributed by atoms with van der Waals surface area (Å²) in [4.78, 5) is 33.0. The molecule has 3 rings (SSSR count). The van der Waals surface area contributed by atoms with Gasteiger partial charge >= 0.3 is 6.03 Å². The van der Waals surface area contributed by atoms with Crippen molar-refractivity contribution in [3.63, 3.8) is 0 Å². The number of thiophene rings is 1. The molecule has 0 spiro atoms. The van der Waals surface area contributed by atoms with Crippen molar-refractivity contribution in [3.8, 4) is 0 Å². The van der Waals surface area contributed by atoms with E-state index in [4.69, 9.17) is 0 Å². The summed E-state index contributed by atoms with van der Waals surface area (Å²) in [5.74, 6) is -0.162. The number of fused-ring (bicyclic) bond motifs is 1. The van der Waals surface area contributed by atoms with Crippen LogP contribution in [-0.4, -0.2) is 33.7 Å². The molecule has 2 heterocycles. The first-order chi connectivity index (χ1) is 11.2. The maximum Gasteiger partial charge on any atom is 0.321 e. The summed E-state index contributed by atoms with van der Waals surface area (Å²) in [7, 11) is 0. The minimum Gasteiger partial charge on any atom is -0.335 e. The Balaban J connectivity index is 1.47. The van der Waals surface area contributed by atoms with E-state index in [0.717, 1.165) is 40.9 Å². The van der Waals surface area contributed by atoms with Gasteiger partial charge in [-0.1, -0.05) is 31.0 Å². The van der Waals surface area contributed by atoms with E-state index >= 15 is 0 Å². The molecule has 1 aliphatic rings. The number of urea groups is 1. The predicted molar refractivity (Wildman–Crippen MR) is 91.7 cm³/mol. The van der Waals surface area contributed by atoms with Crippen LogP contribution in [0.25, 0.3) is 10.2 Å². The van der Waals surface area contributed by atoms with Crippen LogP contribution in [0.2, 0.25) is 0 Å². The molecule has 1 saturated carbocycles. The average Bonchev–Trinajstić information content (AvgIpc) is 3.03. The summed E-state index contributed by atoms with van der Waals surface area (Å²) in [6, 6.07) is 1.73. The third-order valence-electron chi connectivity index (χ3n) is 3.76. The molecule has 0 unspecified atom stereocenters. The Kier molecular flexibility index (Phi) is 5.45. The first-order valence-electron chi connectivity index (χ1n) is 7.64. The zero-order chi connectivity index (χ0) is 16.1. The Bertz CT molecular complexity index is 698. The van der Waals surface area contributed by atoms with Crippen LogP contribution in [0.5, 0.6) is 0 Å². The summed E-state index contributed by atoms with van der Waals surface area (Å²) in [6.45, 7) is 0. The highest BCUT2D eigenvalue weighted by molar-refractivity contribution is 8.00. The van der Waals surface area contributed by atoms with Gasteiger partial charge in [-0.2, -0.15) is 0 Å². The minimum absolute atomic E-state index is 0.153. The maximum absolute atomic E-state index is 11.9. The highest BCUT2D eigenvalue weighted by Gasteiger charge is 2.17. The van der Waals surface area contributed by atoms with E-state index < -0.39 is 6.03 Å². The molecule has 2 aromatic heterocycles. The molecule has 2 N–H and O–H groups in total. The van der Waals surface area contributed by atoms with Crippen molar-refractivity contribution in [2.45, 2.75) is 43.2 Å². The molecular formula is C15H18N4O2S2. The van der Waals surface area contributed by atoms with Crippen molar-refractivity contribution in [1.29, 1.82) is 0 Å². The zero-order valence-corrected chi connectivity index (χ0v) is 14.2. The van der Waals surface area contributed by atoms with Gasteiger partial charge in [0.2, 0.25) is 5.91 Å². The first kappa shape index (κ1) is 16.2. The topological polar surface area (TPSA) is 84.0 Å². The summed E-state index contributed by atoms with van der Waals surface area (Å²) in [6.07, 6.45) is 6.99. The van der Waals surface area contributed by atoms with Gasteiger partial charge in [0.25, 0.3) is 0 Å². The van der Waals surface area contributed by atoms with Gasteiger partial charge in [-0.15, -0.1) is 11.3 Å². The lowest BCUT2D eigenvalue weighted by atomic mass is 9.96. The second-order valence-electron chi connectivity index (χ2n) is 5.46. The van der Waals surface area contributed by atoms with Crippen molar-refractivity contribution in [2.75, 3.05) is 5.75 Å². The number of nitrogens with one attached hydrogen (secondary N) is 2. The Labute approximate surface area is 142 Å². The van der Waals surface area contributed by atoms with Gasteiger partial charge in [-0.25, -0.2) is 14.8 Å². The number of thioether (sulfide) groups is 1. The molecule has 0 aliphatic heterocycles. The van der Waals surface area contributed by atoms with Gasteiger partial charge in [0, 0.05) is 11.4 Å². The van der Waals surface area contributed by atoms with Crippen molar-refractivity contribution in [3.05, 3.63) is 17.8 Å². The number of carbonyl (C=O) groups is 2. The number of amides is 3. The third-order valence-corrected chi connectivity index (χ3v) is 5.58. The molecule has 1 fully saturated rings. The lowest BCUT2D eigenvalue weighted by Gasteiger charge is -2.22. The van der Waals surface area contributed by atoms with Crippen LogP contribution in [0.4, 0.5) is 4.79 Å². The van der Waals surface area contributed by atoms with Crippen molar-refractivity contribution in [2.24, 2.45) is 0 Å². The van der Waals surface area contributed by atoms with Crippen LogP contribution < -0.4 is 10.6 Å². The normalized spacial score (nSPS) is 15.5. The Morgan fingerprint density at radius 1 is 1.26 bits per heavy atom. The van der Waals surface area contributed by atoms with Gasteiger partial charge in [0.1, 0.15) is 16.2 Å². The lowest BCUT2D eigenvalue weighted by Crippen LogP contribution is -2.45. The van der Waals surface area contributed by atoms with Crippen LogP contribution >= 0.6 is 23.1 Å². The number of carbonyl (C=O) groups excluding carboxylic acids is 2. The van der Waals surface area contributed by atoms with Gasteiger partial charge < -0.3 is 5.32 Å². The molecular weight excluding hydrogens is 332 g/mol. The molecule has 0 atom stereocenters. The second kappa shape index (κ2) is 7.74. The van der Waals surface area contributed by atoms with E-state index in [1.165, 1.54) is 35.8 Å². The Morgan fingerprint density at radius 2 is 2.09 bits per heavy atom. The fourth-order valence-corrected chi connectivity index (χ4v) is 4.23. The number of hydrogen-bond donors (Lipinski definition) is 2. The average molecular weight is 350 g/mol. The first-order valence-corrected chi connectivity index (χ1v) is 9.50. The Morgan fingerprint density at radius 3 is 2.91 bits per heavy atom. The van der Waals surface area contributed by atoms with Crippen molar-refractivity contribution < 1.29 is 9.59 Å². The number of hydrogen-bond acceptors (Lipinski definition) is 6. The van der Waals surface area contributed by atoms with Gasteiger partial charge in [0.05, 0.1) is 5.75 Å². The van der Waals surface area contributed by atoms with E-state index in [9.17, 15) is 9.59 Å². The van der Waals surface area contributed by atoms with Gasteiger partial charge in [-0.05, 0) is 24.3 Å². The summed E-state index contributed by atoms with van der Waals surface area (Å²) in [5.41, 5.74) is 0. The van der Waals surface area contributed by atoms with Crippen molar-refractivity contribution >= 4 is 45.3 Å². The zero-order valence-electron chi connectivity index (χ0n) is 12.6. The monoisotopic (exact) mass is 350 g/mol. The highest BCUT2D eigenvalue weighted by Crippen LogP contribution is 2.27. The summed E-state index contributed by atoms with van der Waals surface area (Å²) in [5, 5.41) is 8.91. The van der Waals surface area contributed by atoms with Gasteiger partial charge in [0.15, 0.2) is 0 Å². The molecule has 0 bridgehead atoms. The fourth-order valence-electron chi connectivity index (χ4n) is 2.65. The molecule has 1 aliphatic carbocycles. The van der Waals surface area contributed by atoms with Crippen LogP contribution in [0.15, 0.2) is 22.8 Å². The summed E-state index contributed by atoms with van der Waals surface area (Å²) >= 11 is 2.85. The van der Waals surface area contributed by atoms with E-state index in [1.54, 1.807) is 0 Å².